The molecule has 3 rings (SSSR count). The van der Waals surface area contributed by atoms with Crippen LogP contribution >= 0.6 is 19.4 Å². The average Bonchev–Trinajstić information content (AvgIpc) is 3.01. The second-order valence-electron chi connectivity index (χ2n) is 5.29. The van der Waals surface area contributed by atoms with Crippen molar-refractivity contribution in [3.63, 3.8) is 0 Å². The van der Waals surface area contributed by atoms with Crippen LogP contribution in [0.25, 0.3) is 23.2 Å². The molecule has 0 aliphatic heterocycles. The van der Waals surface area contributed by atoms with Crippen molar-refractivity contribution in [1.29, 1.82) is 0 Å². The highest BCUT2D eigenvalue weighted by Crippen LogP contribution is 2.26. The summed E-state index contributed by atoms with van der Waals surface area (Å²) in [6.07, 6.45) is 3.57. The van der Waals surface area contributed by atoms with Crippen LogP contribution in [0.4, 0.5) is 0 Å². The number of hydrogen-bond donors (Lipinski definition) is 1. The summed E-state index contributed by atoms with van der Waals surface area (Å²) in [5.74, 6) is -0.105. The van der Waals surface area contributed by atoms with Gasteiger partial charge < -0.3 is 38.9 Å². The normalized spacial score (nSPS) is 11.3. The van der Waals surface area contributed by atoms with E-state index in [0.717, 1.165) is 5.56 Å². The second-order valence-corrected chi connectivity index (χ2v) is 6.59. The number of carboxylic acids is 1. The molecule has 0 saturated heterocycles. The fourth-order valence-electron chi connectivity index (χ4n) is 2.26. The predicted octanol–water partition coefficient (Wildman–Crippen LogP) is -0.0658. The van der Waals surface area contributed by atoms with Gasteiger partial charge in [0.15, 0.2) is 0 Å². The molecule has 1 aromatic heterocycles. The number of H-pyrrole nitrogens is 1. The van der Waals surface area contributed by atoms with Crippen LogP contribution in [-0.4, -0.2) is 23.0 Å². The number of nitrogens with zero attached hydrogens (tertiary/aromatic N) is 1. The van der Waals surface area contributed by atoms with Crippen LogP contribution < -0.4 is 24.5 Å². The Bertz CT molecular complexity index is 1070. The summed E-state index contributed by atoms with van der Waals surface area (Å²) in [5, 5.41) is 11.6. The number of phosphoric acid groups is 1. The van der Waals surface area contributed by atoms with Crippen molar-refractivity contribution >= 4 is 48.6 Å². The maximum absolute atomic E-state index is 11.1. The first-order chi connectivity index (χ1) is 13.1. The van der Waals surface area contributed by atoms with Gasteiger partial charge in [-0.25, -0.2) is 4.98 Å². The van der Waals surface area contributed by atoms with Crippen molar-refractivity contribution in [1.82, 2.24) is 9.97 Å². The lowest BCUT2D eigenvalue weighted by Gasteiger charge is -2.36. The van der Waals surface area contributed by atoms with Gasteiger partial charge in [0.05, 0.1) is 29.1 Å². The van der Waals surface area contributed by atoms with E-state index in [4.69, 9.17) is 35.6 Å². The Balaban J connectivity index is 0.000000500. The summed E-state index contributed by atoms with van der Waals surface area (Å²) in [6.45, 7) is 0. The molecule has 0 aliphatic rings. The number of ether oxygens (including phenoxy) is 1. The van der Waals surface area contributed by atoms with Crippen LogP contribution in [0.5, 0.6) is 5.75 Å². The highest BCUT2D eigenvalue weighted by atomic mass is 35.5. The molecule has 3 aromatic rings. The van der Waals surface area contributed by atoms with Crippen molar-refractivity contribution in [2.45, 2.75) is 0 Å². The summed E-state index contributed by atoms with van der Waals surface area (Å²) in [4.78, 5) is 44.1. The first-order valence-corrected chi connectivity index (χ1v) is 9.37. The van der Waals surface area contributed by atoms with E-state index in [0.29, 0.717) is 27.6 Å². The first kappa shape index (κ1) is 21.6. The molecular weight excluding hydrogens is 411 g/mol. The fraction of sp³-hybridized carbons (Fsp3) is 0.0588. The SMILES string of the molecule is COc1ccc(/C=C/c2nc3c(C(=O)[O-])cccc3[nH]2)cc1Cl.O=P([O-])([O-])[O-]. The van der Waals surface area contributed by atoms with E-state index in [-0.39, 0.29) is 5.56 Å². The Hall–Kier alpha value is -2.68. The van der Waals surface area contributed by atoms with Crippen molar-refractivity contribution in [2.24, 2.45) is 0 Å². The van der Waals surface area contributed by atoms with Gasteiger partial charge in [-0.15, -0.1) is 0 Å². The number of rotatable bonds is 4. The number of hydrogen-bond acceptors (Lipinski definition) is 8. The molecule has 0 amide bonds. The van der Waals surface area contributed by atoms with Gasteiger partial charge in [0.2, 0.25) is 0 Å². The third kappa shape index (κ3) is 6.19. The number of nitrogens with one attached hydrogen (secondary N) is 1. The molecule has 0 radical (unpaired) electrons. The molecule has 0 spiro atoms. The van der Waals surface area contributed by atoms with Gasteiger partial charge in [0, 0.05) is 5.56 Å². The molecule has 0 unspecified atom stereocenters. The van der Waals surface area contributed by atoms with Gasteiger partial charge in [-0.2, -0.15) is 7.82 Å². The minimum Gasteiger partial charge on any atom is -0.822 e. The van der Waals surface area contributed by atoms with Gasteiger partial charge in [0.25, 0.3) is 0 Å². The van der Waals surface area contributed by atoms with E-state index in [2.05, 4.69) is 9.97 Å². The topological polar surface area (TPSA) is 164 Å². The zero-order valence-corrected chi connectivity index (χ0v) is 15.9. The van der Waals surface area contributed by atoms with E-state index in [1.165, 1.54) is 6.07 Å². The van der Waals surface area contributed by atoms with Gasteiger partial charge >= 0.3 is 0 Å². The lowest BCUT2D eigenvalue weighted by molar-refractivity contribution is -0.432. The van der Waals surface area contributed by atoms with Crippen LogP contribution in [0, 0.1) is 0 Å². The number of aromatic carboxylic acids is 1. The molecule has 148 valence electrons. The first-order valence-electron chi connectivity index (χ1n) is 7.53. The molecule has 0 fully saturated rings. The highest BCUT2D eigenvalue weighted by Gasteiger charge is 2.06. The quantitative estimate of drug-likeness (QED) is 0.571. The molecule has 0 bridgehead atoms. The maximum Gasteiger partial charge on any atom is 0.137 e. The van der Waals surface area contributed by atoms with Gasteiger partial charge in [-0.05, 0) is 29.8 Å². The van der Waals surface area contributed by atoms with E-state index >= 15 is 0 Å². The second kappa shape index (κ2) is 9.01. The summed E-state index contributed by atoms with van der Waals surface area (Å²) < 4.78 is 13.7. The standard InChI is InChI=1S/C17H13ClN2O3.H3O4P/c1-23-14-7-5-10(9-12(14)18)6-8-15-19-13-4-2-3-11(17(21)22)16(13)20-15;1-5(2,3)4/h2-9H,1H3,(H,19,20)(H,21,22);(H3,1,2,3,4)/p-4/b8-6+;. The van der Waals surface area contributed by atoms with Gasteiger partial charge in [-0.1, -0.05) is 35.9 Å². The molecule has 2 aromatic carbocycles. The summed E-state index contributed by atoms with van der Waals surface area (Å²) in [7, 11) is -3.83. The van der Waals surface area contributed by atoms with E-state index < -0.39 is 13.8 Å². The van der Waals surface area contributed by atoms with Crippen LogP contribution in [0.1, 0.15) is 21.7 Å². The van der Waals surface area contributed by atoms with E-state index in [9.17, 15) is 9.90 Å². The largest absolute Gasteiger partial charge is 0.822 e. The number of carboxylic acid groups (broad SMARTS) is 1. The number of aromatic nitrogens is 2. The Morgan fingerprint density at radius 3 is 2.46 bits per heavy atom. The number of methoxy groups -OCH3 is 1. The lowest BCUT2D eigenvalue weighted by atomic mass is 10.2. The number of benzene rings is 2. The minimum atomic E-state index is -5.39. The van der Waals surface area contributed by atoms with Crippen LogP contribution in [0.3, 0.4) is 0 Å². The minimum absolute atomic E-state index is 0.0610. The highest BCUT2D eigenvalue weighted by molar-refractivity contribution is 7.40. The smallest absolute Gasteiger partial charge is 0.137 e. The number of imidazole rings is 1. The van der Waals surface area contributed by atoms with E-state index in [1.54, 1.807) is 37.5 Å². The number of aromatic amines is 1. The third-order valence-corrected chi connectivity index (χ3v) is 3.66. The van der Waals surface area contributed by atoms with Crippen LogP contribution in [0.15, 0.2) is 36.4 Å². The molecular formula is C17H12ClN2O7P-4. The predicted molar refractivity (Wildman–Crippen MR) is 95.0 cm³/mol. The Morgan fingerprint density at radius 2 is 1.89 bits per heavy atom. The molecule has 1 heterocycles. The molecule has 9 nitrogen and oxygen atoms in total. The number of para-hydroxylation sites is 1. The molecule has 11 heteroatoms. The average molecular weight is 423 g/mol. The lowest BCUT2D eigenvalue weighted by Crippen LogP contribution is -2.24. The summed E-state index contributed by atoms with van der Waals surface area (Å²) >= 11 is 6.08. The van der Waals surface area contributed by atoms with Gasteiger partial charge in [-0.3, -0.25) is 0 Å². The van der Waals surface area contributed by atoms with E-state index in [1.807, 2.05) is 12.1 Å². The van der Waals surface area contributed by atoms with Crippen LogP contribution in [-0.2, 0) is 4.57 Å². The number of halogens is 1. The third-order valence-electron chi connectivity index (χ3n) is 3.36. The molecule has 1 N–H and O–H groups in total. The van der Waals surface area contributed by atoms with Crippen molar-refractivity contribution < 1.29 is 33.9 Å². The zero-order chi connectivity index (χ0) is 20.9. The van der Waals surface area contributed by atoms with Gasteiger partial charge in [0.1, 0.15) is 11.6 Å². The van der Waals surface area contributed by atoms with Crippen molar-refractivity contribution in [2.75, 3.05) is 7.11 Å². The summed E-state index contributed by atoms with van der Waals surface area (Å²) in [5.41, 5.74) is 1.95. The number of carbonyl (C=O) groups is 1. The zero-order valence-electron chi connectivity index (χ0n) is 14.2. The number of carbonyl (C=O) groups excluding carboxylic acids is 1. The maximum atomic E-state index is 11.1. The van der Waals surface area contributed by atoms with Crippen LogP contribution in [0.2, 0.25) is 5.02 Å². The Kier molecular flexibility index (Phi) is 6.95. The number of fused-ring (bicyclic) bond motifs is 1. The monoisotopic (exact) mass is 422 g/mol. The van der Waals surface area contributed by atoms with Crippen molar-refractivity contribution in [3.8, 4) is 5.75 Å². The molecule has 0 saturated carbocycles. The molecule has 0 atom stereocenters. The molecule has 0 aliphatic carbocycles. The summed E-state index contributed by atoms with van der Waals surface area (Å²) in [6, 6.07) is 10.3. The Labute approximate surface area is 164 Å². The fourth-order valence-corrected chi connectivity index (χ4v) is 2.52. The Morgan fingerprint density at radius 1 is 1.21 bits per heavy atom. The molecule has 28 heavy (non-hydrogen) atoms. The van der Waals surface area contributed by atoms with Crippen molar-refractivity contribution in [3.05, 3.63) is 58.4 Å².